The quantitative estimate of drug-likeness (QED) is 0.863. The molecule has 1 heterocycles. The molecule has 0 aromatic carbocycles. The van der Waals surface area contributed by atoms with Gasteiger partial charge in [-0.15, -0.1) is 0 Å². The maximum Gasteiger partial charge on any atom is 0.306 e. The number of hydrogen-bond acceptors (Lipinski definition) is 3. The zero-order valence-electron chi connectivity index (χ0n) is 10.9. The van der Waals surface area contributed by atoms with Crippen LogP contribution in [0.15, 0.2) is 12.1 Å². The standard InChI is InChI=1S/C14H20N2O2/c1-9-6-7-13(10(2)15-9)16-12-5-3-4-11(8-12)14(17)18/h6-7,11-12,16H,3-5,8H2,1-2H3,(H,17,18). The number of nitrogens with one attached hydrogen (secondary N) is 1. The Bertz CT molecular complexity index is 445. The summed E-state index contributed by atoms with van der Waals surface area (Å²) in [5, 5.41) is 12.5. The summed E-state index contributed by atoms with van der Waals surface area (Å²) in [6.45, 7) is 3.95. The molecular formula is C14H20N2O2. The van der Waals surface area contributed by atoms with E-state index in [-0.39, 0.29) is 12.0 Å². The van der Waals surface area contributed by atoms with Crippen molar-refractivity contribution in [3.05, 3.63) is 23.5 Å². The minimum atomic E-state index is -0.666. The average Bonchev–Trinajstić information content (AvgIpc) is 2.33. The first kappa shape index (κ1) is 12.9. The number of carboxylic acid groups (broad SMARTS) is 1. The molecule has 0 radical (unpaired) electrons. The van der Waals surface area contributed by atoms with Crippen LogP contribution in [0.25, 0.3) is 0 Å². The van der Waals surface area contributed by atoms with Gasteiger partial charge in [0.25, 0.3) is 0 Å². The molecule has 2 rings (SSSR count). The molecule has 1 aromatic rings. The van der Waals surface area contributed by atoms with Crippen molar-refractivity contribution in [2.24, 2.45) is 5.92 Å². The van der Waals surface area contributed by atoms with Crippen LogP contribution in [0.2, 0.25) is 0 Å². The van der Waals surface area contributed by atoms with Crippen LogP contribution in [-0.2, 0) is 4.79 Å². The van der Waals surface area contributed by atoms with Gasteiger partial charge in [-0.05, 0) is 45.2 Å². The molecule has 1 aromatic heterocycles. The highest BCUT2D eigenvalue weighted by Crippen LogP contribution is 2.27. The summed E-state index contributed by atoms with van der Waals surface area (Å²) in [5.74, 6) is -0.866. The topological polar surface area (TPSA) is 62.2 Å². The molecule has 2 atom stereocenters. The number of aromatic nitrogens is 1. The Morgan fingerprint density at radius 2 is 2.17 bits per heavy atom. The predicted octanol–water partition coefficient (Wildman–Crippen LogP) is 2.75. The van der Waals surface area contributed by atoms with E-state index >= 15 is 0 Å². The molecule has 0 saturated heterocycles. The Morgan fingerprint density at radius 1 is 1.39 bits per heavy atom. The molecule has 1 saturated carbocycles. The third kappa shape index (κ3) is 3.00. The van der Waals surface area contributed by atoms with Crippen LogP contribution in [0.3, 0.4) is 0 Å². The second-order valence-electron chi connectivity index (χ2n) is 5.13. The third-order valence-electron chi connectivity index (χ3n) is 3.61. The maximum atomic E-state index is 11.0. The highest BCUT2D eigenvalue weighted by molar-refractivity contribution is 5.70. The van der Waals surface area contributed by atoms with Crippen molar-refractivity contribution in [2.45, 2.75) is 45.6 Å². The number of aryl methyl sites for hydroxylation is 2. The second-order valence-corrected chi connectivity index (χ2v) is 5.13. The van der Waals surface area contributed by atoms with Gasteiger partial charge >= 0.3 is 5.97 Å². The van der Waals surface area contributed by atoms with Crippen molar-refractivity contribution in [1.82, 2.24) is 4.98 Å². The van der Waals surface area contributed by atoms with Gasteiger partial charge in [-0.2, -0.15) is 0 Å². The molecule has 2 N–H and O–H groups in total. The van der Waals surface area contributed by atoms with E-state index < -0.39 is 5.97 Å². The highest BCUT2D eigenvalue weighted by Gasteiger charge is 2.27. The van der Waals surface area contributed by atoms with E-state index in [9.17, 15) is 4.79 Å². The summed E-state index contributed by atoms with van der Waals surface area (Å²) in [6.07, 6.45) is 3.53. The largest absolute Gasteiger partial charge is 0.481 e. The molecule has 0 aliphatic heterocycles. The lowest BCUT2D eigenvalue weighted by atomic mass is 9.85. The van der Waals surface area contributed by atoms with E-state index in [1.54, 1.807) is 0 Å². The van der Waals surface area contributed by atoms with Crippen LogP contribution < -0.4 is 5.32 Å². The zero-order chi connectivity index (χ0) is 13.1. The van der Waals surface area contributed by atoms with Crippen molar-refractivity contribution in [2.75, 3.05) is 5.32 Å². The number of rotatable bonds is 3. The molecule has 18 heavy (non-hydrogen) atoms. The third-order valence-corrected chi connectivity index (χ3v) is 3.61. The molecular weight excluding hydrogens is 228 g/mol. The van der Waals surface area contributed by atoms with Gasteiger partial charge in [-0.25, -0.2) is 0 Å². The summed E-state index contributed by atoms with van der Waals surface area (Å²) in [6, 6.07) is 4.26. The molecule has 98 valence electrons. The molecule has 2 unspecified atom stereocenters. The van der Waals surface area contributed by atoms with Gasteiger partial charge < -0.3 is 10.4 Å². The number of pyridine rings is 1. The lowest BCUT2D eigenvalue weighted by Crippen LogP contribution is -2.31. The minimum Gasteiger partial charge on any atom is -0.481 e. The van der Waals surface area contributed by atoms with Crippen LogP contribution in [0.4, 0.5) is 5.69 Å². The minimum absolute atomic E-state index is 0.199. The summed E-state index contributed by atoms with van der Waals surface area (Å²) < 4.78 is 0. The van der Waals surface area contributed by atoms with Gasteiger partial charge in [0.2, 0.25) is 0 Å². The van der Waals surface area contributed by atoms with Crippen molar-refractivity contribution in [1.29, 1.82) is 0 Å². The van der Waals surface area contributed by atoms with Crippen molar-refractivity contribution < 1.29 is 9.90 Å². The first-order valence-corrected chi connectivity index (χ1v) is 6.50. The number of carboxylic acids is 1. The van der Waals surface area contributed by atoms with Crippen LogP contribution in [0.5, 0.6) is 0 Å². The number of carbonyl (C=O) groups is 1. The van der Waals surface area contributed by atoms with E-state index in [0.29, 0.717) is 6.42 Å². The van der Waals surface area contributed by atoms with E-state index in [1.807, 2.05) is 26.0 Å². The van der Waals surface area contributed by atoms with Gasteiger partial charge in [-0.3, -0.25) is 9.78 Å². The van der Waals surface area contributed by atoms with Gasteiger partial charge in [0.15, 0.2) is 0 Å². The van der Waals surface area contributed by atoms with Gasteiger partial charge in [0.05, 0.1) is 17.3 Å². The summed E-state index contributed by atoms with van der Waals surface area (Å²) in [5.41, 5.74) is 3.01. The van der Waals surface area contributed by atoms with Crippen LogP contribution in [-0.4, -0.2) is 22.1 Å². The van der Waals surface area contributed by atoms with Crippen LogP contribution >= 0.6 is 0 Å². The monoisotopic (exact) mass is 248 g/mol. The second kappa shape index (κ2) is 5.38. The normalized spacial score (nSPS) is 23.7. The molecule has 0 spiro atoms. The van der Waals surface area contributed by atoms with Crippen molar-refractivity contribution in [3.8, 4) is 0 Å². The van der Waals surface area contributed by atoms with Gasteiger partial charge in [0, 0.05) is 11.7 Å². The lowest BCUT2D eigenvalue weighted by Gasteiger charge is -2.28. The summed E-state index contributed by atoms with van der Waals surface area (Å²) >= 11 is 0. The molecule has 1 aliphatic rings. The summed E-state index contributed by atoms with van der Waals surface area (Å²) in [4.78, 5) is 15.4. The predicted molar refractivity (Wildman–Crippen MR) is 70.7 cm³/mol. The number of aliphatic carboxylic acids is 1. The number of anilines is 1. The smallest absolute Gasteiger partial charge is 0.306 e. The van der Waals surface area contributed by atoms with E-state index in [2.05, 4.69) is 10.3 Å². The molecule has 0 amide bonds. The van der Waals surface area contributed by atoms with Crippen molar-refractivity contribution >= 4 is 11.7 Å². The Morgan fingerprint density at radius 3 is 2.83 bits per heavy atom. The zero-order valence-corrected chi connectivity index (χ0v) is 10.9. The van der Waals surface area contributed by atoms with Crippen molar-refractivity contribution in [3.63, 3.8) is 0 Å². The fourth-order valence-electron chi connectivity index (χ4n) is 2.60. The van der Waals surface area contributed by atoms with E-state index in [1.165, 1.54) is 0 Å². The molecule has 4 heteroatoms. The fourth-order valence-corrected chi connectivity index (χ4v) is 2.60. The lowest BCUT2D eigenvalue weighted by molar-refractivity contribution is -0.142. The van der Waals surface area contributed by atoms with Crippen LogP contribution in [0.1, 0.15) is 37.1 Å². The molecule has 1 fully saturated rings. The molecule has 4 nitrogen and oxygen atoms in total. The Labute approximate surface area is 107 Å². The first-order chi connectivity index (χ1) is 8.56. The summed E-state index contributed by atoms with van der Waals surface area (Å²) in [7, 11) is 0. The number of hydrogen-bond donors (Lipinski definition) is 2. The van der Waals surface area contributed by atoms with Crippen LogP contribution in [0, 0.1) is 19.8 Å². The maximum absolute atomic E-state index is 11.0. The SMILES string of the molecule is Cc1ccc(NC2CCCC(C(=O)O)C2)c(C)n1. The number of nitrogens with zero attached hydrogens (tertiary/aromatic N) is 1. The fraction of sp³-hybridized carbons (Fsp3) is 0.571. The van der Waals surface area contributed by atoms with Gasteiger partial charge in [0.1, 0.15) is 0 Å². The average molecular weight is 248 g/mol. The Balaban J connectivity index is 2.02. The van der Waals surface area contributed by atoms with E-state index in [0.717, 1.165) is 36.3 Å². The van der Waals surface area contributed by atoms with Gasteiger partial charge in [-0.1, -0.05) is 6.42 Å². The Hall–Kier alpha value is -1.58. The van der Waals surface area contributed by atoms with E-state index in [4.69, 9.17) is 5.11 Å². The molecule has 0 bridgehead atoms. The first-order valence-electron chi connectivity index (χ1n) is 6.50. The highest BCUT2D eigenvalue weighted by atomic mass is 16.4. The Kier molecular flexibility index (Phi) is 3.84. The molecule has 1 aliphatic carbocycles.